The summed E-state index contributed by atoms with van der Waals surface area (Å²) in [5.74, 6) is 0. The number of aliphatic hydroxyl groups excluding tert-OH is 1. The zero-order chi connectivity index (χ0) is 12.1. The lowest BCUT2D eigenvalue weighted by Crippen LogP contribution is -2.21. The molecular weight excluding hydrogens is 216 g/mol. The van der Waals surface area contributed by atoms with Crippen LogP contribution in [0.25, 0.3) is 0 Å². The molecule has 0 radical (unpaired) electrons. The topological polar surface area (TPSA) is 66.4 Å². The van der Waals surface area contributed by atoms with Crippen molar-refractivity contribution in [1.82, 2.24) is 0 Å². The van der Waals surface area contributed by atoms with Crippen LogP contribution in [0.5, 0.6) is 0 Å². The molecule has 0 amide bonds. The van der Waals surface area contributed by atoms with Crippen LogP contribution in [0.1, 0.15) is 0 Å². The molecule has 0 atom stereocenters. The van der Waals surface area contributed by atoms with Gasteiger partial charge in [-0.3, -0.25) is 0 Å². The number of ether oxygens (including phenoxy) is 5. The van der Waals surface area contributed by atoms with E-state index in [2.05, 4.69) is 0 Å². The van der Waals surface area contributed by atoms with Gasteiger partial charge in [-0.05, 0) is 0 Å². The Hall–Kier alpha value is -0.240. The summed E-state index contributed by atoms with van der Waals surface area (Å²) in [7, 11) is 3.12. The van der Waals surface area contributed by atoms with Crippen molar-refractivity contribution in [1.29, 1.82) is 0 Å². The van der Waals surface area contributed by atoms with Crippen LogP contribution in [0, 0.1) is 0 Å². The number of rotatable bonds is 12. The van der Waals surface area contributed by atoms with E-state index in [0.29, 0.717) is 39.6 Å². The summed E-state index contributed by atoms with van der Waals surface area (Å²) in [5, 5.41) is 8.43. The van der Waals surface area contributed by atoms with Crippen LogP contribution in [0.2, 0.25) is 0 Å². The Morgan fingerprint density at radius 3 is 1.81 bits per heavy atom. The normalized spacial score (nSPS) is 11.2. The molecule has 0 rings (SSSR count). The van der Waals surface area contributed by atoms with Gasteiger partial charge in [-0.25, -0.2) is 0 Å². The first-order chi connectivity index (χ1) is 7.85. The molecule has 98 valence electrons. The van der Waals surface area contributed by atoms with Crippen molar-refractivity contribution >= 4 is 0 Å². The number of hydrogen-bond acceptors (Lipinski definition) is 6. The molecule has 1 N–H and O–H groups in total. The molecular formula is C10H22O6. The van der Waals surface area contributed by atoms with Crippen LogP contribution in [-0.4, -0.2) is 71.9 Å². The Bertz CT molecular complexity index is 128. The van der Waals surface area contributed by atoms with Crippen molar-refractivity contribution < 1.29 is 28.8 Å². The molecule has 0 unspecified atom stereocenters. The van der Waals surface area contributed by atoms with Crippen molar-refractivity contribution in [2.45, 2.75) is 6.29 Å². The zero-order valence-electron chi connectivity index (χ0n) is 10.0. The first-order valence-corrected chi connectivity index (χ1v) is 5.24. The van der Waals surface area contributed by atoms with E-state index in [1.165, 1.54) is 0 Å². The smallest absolute Gasteiger partial charge is 0.180 e. The van der Waals surface area contributed by atoms with Crippen LogP contribution in [0.4, 0.5) is 0 Å². The maximum atomic E-state index is 8.43. The van der Waals surface area contributed by atoms with E-state index < -0.39 is 0 Å². The molecule has 0 bridgehead atoms. The SMILES string of the molecule is COC(COCCOCCOCCO)OC. The van der Waals surface area contributed by atoms with Crippen molar-refractivity contribution in [2.75, 3.05) is 60.5 Å². The van der Waals surface area contributed by atoms with E-state index >= 15 is 0 Å². The van der Waals surface area contributed by atoms with Gasteiger partial charge in [-0.15, -0.1) is 0 Å². The highest BCUT2D eigenvalue weighted by atomic mass is 16.7. The predicted octanol–water partition coefficient (Wildman–Crippen LogP) is -0.353. The van der Waals surface area contributed by atoms with Gasteiger partial charge in [-0.1, -0.05) is 0 Å². The summed E-state index contributed by atoms with van der Waals surface area (Å²) in [6, 6.07) is 0. The van der Waals surface area contributed by atoms with Crippen LogP contribution in [-0.2, 0) is 23.7 Å². The molecule has 0 aliphatic rings. The maximum Gasteiger partial charge on any atom is 0.180 e. The van der Waals surface area contributed by atoms with Gasteiger partial charge < -0.3 is 28.8 Å². The van der Waals surface area contributed by atoms with E-state index in [1.54, 1.807) is 14.2 Å². The fourth-order valence-corrected chi connectivity index (χ4v) is 0.916. The van der Waals surface area contributed by atoms with E-state index in [9.17, 15) is 0 Å². The summed E-state index contributed by atoms with van der Waals surface area (Å²) < 4.78 is 25.4. The third-order valence-electron chi connectivity index (χ3n) is 1.76. The molecule has 0 saturated carbocycles. The average molecular weight is 238 g/mol. The van der Waals surface area contributed by atoms with Gasteiger partial charge in [0, 0.05) is 14.2 Å². The summed E-state index contributed by atoms with van der Waals surface area (Å²) >= 11 is 0. The highest BCUT2D eigenvalue weighted by molar-refractivity contribution is 4.39. The summed E-state index contributed by atoms with van der Waals surface area (Å²) in [4.78, 5) is 0. The second kappa shape index (κ2) is 12.8. The standard InChI is InChI=1S/C10H22O6/c1-12-10(13-2)9-16-8-7-15-6-5-14-4-3-11/h10-11H,3-9H2,1-2H3. The highest BCUT2D eigenvalue weighted by Crippen LogP contribution is 1.91. The molecule has 0 fully saturated rings. The molecule has 0 aromatic heterocycles. The Balaban J connectivity index is 3.03. The quantitative estimate of drug-likeness (QED) is 0.370. The van der Waals surface area contributed by atoms with E-state index in [-0.39, 0.29) is 12.9 Å². The average Bonchev–Trinajstić information content (AvgIpc) is 2.32. The number of hydrogen-bond donors (Lipinski definition) is 1. The Kier molecular flexibility index (Phi) is 12.6. The van der Waals surface area contributed by atoms with Crippen molar-refractivity contribution in [3.8, 4) is 0 Å². The fourth-order valence-electron chi connectivity index (χ4n) is 0.916. The van der Waals surface area contributed by atoms with Crippen molar-refractivity contribution in [3.05, 3.63) is 0 Å². The minimum Gasteiger partial charge on any atom is -0.394 e. The fraction of sp³-hybridized carbons (Fsp3) is 1.00. The molecule has 0 saturated heterocycles. The molecule has 0 aliphatic heterocycles. The van der Waals surface area contributed by atoms with Gasteiger partial charge in [0.1, 0.15) is 0 Å². The minimum atomic E-state index is -0.326. The van der Waals surface area contributed by atoms with Crippen LogP contribution in [0.15, 0.2) is 0 Å². The number of aliphatic hydroxyl groups is 1. The predicted molar refractivity (Wildman–Crippen MR) is 57.3 cm³/mol. The summed E-state index contributed by atoms with van der Waals surface area (Å²) in [5.41, 5.74) is 0. The molecule has 0 heterocycles. The van der Waals surface area contributed by atoms with Gasteiger partial charge in [0.15, 0.2) is 6.29 Å². The second-order valence-corrected chi connectivity index (χ2v) is 2.92. The third kappa shape index (κ3) is 10.3. The molecule has 16 heavy (non-hydrogen) atoms. The number of methoxy groups -OCH3 is 2. The van der Waals surface area contributed by atoms with Gasteiger partial charge in [0.2, 0.25) is 0 Å². The van der Waals surface area contributed by atoms with Gasteiger partial charge in [0.05, 0.1) is 46.2 Å². The highest BCUT2D eigenvalue weighted by Gasteiger charge is 2.03. The lowest BCUT2D eigenvalue weighted by molar-refractivity contribution is -0.143. The monoisotopic (exact) mass is 238 g/mol. The third-order valence-corrected chi connectivity index (χ3v) is 1.76. The van der Waals surface area contributed by atoms with Crippen LogP contribution >= 0.6 is 0 Å². The lowest BCUT2D eigenvalue weighted by Gasteiger charge is -2.13. The second-order valence-electron chi connectivity index (χ2n) is 2.92. The Labute approximate surface area is 96.4 Å². The first-order valence-electron chi connectivity index (χ1n) is 5.24. The van der Waals surface area contributed by atoms with Crippen molar-refractivity contribution in [2.24, 2.45) is 0 Å². The van der Waals surface area contributed by atoms with Crippen LogP contribution in [0.3, 0.4) is 0 Å². The molecule has 0 aliphatic carbocycles. The van der Waals surface area contributed by atoms with Gasteiger partial charge in [-0.2, -0.15) is 0 Å². The largest absolute Gasteiger partial charge is 0.394 e. The summed E-state index contributed by atoms with van der Waals surface area (Å²) in [6.07, 6.45) is -0.326. The van der Waals surface area contributed by atoms with Gasteiger partial charge >= 0.3 is 0 Å². The molecule has 6 heteroatoms. The summed E-state index contributed by atoms with van der Waals surface area (Å²) in [6.45, 7) is 2.76. The van der Waals surface area contributed by atoms with E-state index in [1.807, 2.05) is 0 Å². The molecule has 6 nitrogen and oxygen atoms in total. The minimum absolute atomic E-state index is 0.0402. The lowest BCUT2D eigenvalue weighted by atomic mass is 10.6. The van der Waals surface area contributed by atoms with E-state index in [4.69, 9.17) is 28.8 Å². The van der Waals surface area contributed by atoms with Gasteiger partial charge in [0.25, 0.3) is 0 Å². The maximum absolute atomic E-state index is 8.43. The zero-order valence-corrected chi connectivity index (χ0v) is 10.0. The molecule has 0 aromatic carbocycles. The molecule has 0 spiro atoms. The van der Waals surface area contributed by atoms with Crippen molar-refractivity contribution in [3.63, 3.8) is 0 Å². The Morgan fingerprint density at radius 1 is 0.812 bits per heavy atom. The van der Waals surface area contributed by atoms with E-state index in [0.717, 1.165) is 0 Å². The first kappa shape index (κ1) is 15.8. The Morgan fingerprint density at radius 2 is 1.31 bits per heavy atom. The van der Waals surface area contributed by atoms with Crippen LogP contribution < -0.4 is 0 Å². The molecule has 0 aromatic rings.